The molecule has 0 saturated heterocycles. The normalized spacial score (nSPS) is 11.3. The summed E-state index contributed by atoms with van der Waals surface area (Å²) in [6, 6.07) is 0. The quantitative estimate of drug-likeness (QED) is 0.597. The molecule has 0 aromatic carbocycles. The third-order valence-electron chi connectivity index (χ3n) is 3.35. The molecular formula is C12H10N8S3. The molecule has 4 aromatic heterocycles. The van der Waals surface area contributed by atoms with Crippen molar-refractivity contribution >= 4 is 35.2 Å². The van der Waals surface area contributed by atoms with Gasteiger partial charge in [0.2, 0.25) is 0 Å². The van der Waals surface area contributed by atoms with E-state index >= 15 is 0 Å². The van der Waals surface area contributed by atoms with Crippen molar-refractivity contribution in [2.24, 2.45) is 0 Å². The molecule has 0 fully saturated rings. The number of hydrogen-bond acceptors (Lipinski definition) is 10. The molecule has 0 amide bonds. The first kappa shape index (κ1) is 14.5. The highest BCUT2D eigenvalue weighted by Crippen LogP contribution is 2.34. The molecule has 4 aromatic rings. The van der Waals surface area contributed by atoms with Crippen LogP contribution in [0.15, 0.2) is 0 Å². The number of nitrogens with one attached hydrogen (secondary N) is 1. The van der Waals surface area contributed by atoms with Crippen LogP contribution < -0.4 is 0 Å². The highest BCUT2D eigenvalue weighted by atomic mass is 32.1. The topological polar surface area (TPSA) is 106 Å². The summed E-state index contributed by atoms with van der Waals surface area (Å²) in [6.45, 7) is 5.75. The molecule has 4 heterocycles. The Bertz CT molecular complexity index is 920. The number of aromatic nitrogens is 8. The molecule has 0 atom stereocenters. The van der Waals surface area contributed by atoms with Gasteiger partial charge < -0.3 is 4.98 Å². The Hall–Kier alpha value is -2.11. The highest BCUT2D eigenvalue weighted by Gasteiger charge is 2.23. The van der Waals surface area contributed by atoms with Crippen molar-refractivity contribution in [3.8, 4) is 34.3 Å². The predicted octanol–water partition coefficient (Wildman–Crippen LogP) is 2.89. The standard InChI is InChI=1S/C12H10N8S3/c1-4-7(18-21-15-4)10-11(8-5(2)16-22-19-8)14-12(13-10)9-6(3)17-23-20-9/h1-3H3,(H,13,14). The lowest BCUT2D eigenvalue weighted by Gasteiger charge is -1.97. The van der Waals surface area contributed by atoms with Gasteiger partial charge >= 0.3 is 0 Å². The Labute approximate surface area is 143 Å². The van der Waals surface area contributed by atoms with Crippen molar-refractivity contribution in [3.05, 3.63) is 17.1 Å². The molecule has 0 aliphatic carbocycles. The summed E-state index contributed by atoms with van der Waals surface area (Å²) in [4.78, 5) is 8.02. The van der Waals surface area contributed by atoms with Crippen LogP contribution in [0.5, 0.6) is 0 Å². The van der Waals surface area contributed by atoms with E-state index < -0.39 is 0 Å². The average molecular weight is 362 g/mol. The lowest BCUT2D eigenvalue weighted by atomic mass is 10.1. The molecule has 0 aliphatic rings. The summed E-state index contributed by atoms with van der Waals surface area (Å²) in [5.74, 6) is 0.654. The van der Waals surface area contributed by atoms with Crippen molar-refractivity contribution in [1.29, 1.82) is 0 Å². The summed E-state index contributed by atoms with van der Waals surface area (Å²) in [5, 5.41) is 0. The molecule has 0 aliphatic heterocycles. The Morgan fingerprint density at radius 3 is 1.65 bits per heavy atom. The van der Waals surface area contributed by atoms with E-state index in [1.165, 1.54) is 35.2 Å². The molecule has 0 bridgehead atoms. The van der Waals surface area contributed by atoms with E-state index in [0.717, 1.165) is 45.6 Å². The van der Waals surface area contributed by atoms with E-state index in [2.05, 4.69) is 31.2 Å². The molecule has 0 saturated carbocycles. The zero-order chi connectivity index (χ0) is 16.0. The molecule has 11 heteroatoms. The van der Waals surface area contributed by atoms with Crippen molar-refractivity contribution in [1.82, 2.24) is 36.2 Å². The highest BCUT2D eigenvalue weighted by molar-refractivity contribution is 6.99. The van der Waals surface area contributed by atoms with E-state index in [1.807, 2.05) is 20.8 Å². The van der Waals surface area contributed by atoms with Gasteiger partial charge in [0.1, 0.15) is 22.8 Å². The number of nitrogens with zero attached hydrogens (tertiary/aromatic N) is 7. The smallest absolute Gasteiger partial charge is 0.160 e. The maximum atomic E-state index is 4.70. The minimum atomic E-state index is 0.654. The van der Waals surface area contributed by atoms with Crippen molar-refractivity contribution < 1.29 is 0 Å². The maximum absolute atomic E-state index is 4.70. The summed E-state index contributed by atoms with van der Waals surface area (Å²) < 4.78 is 25.8. The van der Waals surface area contributed by atoms with E-state index in [-0.39, 0.29) is 0 Å². The molecule has 0 unspecified atom stereocenters. The number of aromatic amines is 1. The minimum Gasteiger partial charge on any atom is -0.335 e. The molecule has 116 valence electrons. The van der Waals surface area contributed by atoms with E-state index in [4.69, 9.17) is 4.98 Å². The van der Waals surface area contributed by atoms with Crippen LogP contribution in [0.2, 0.25) is 0 Å². The van der Waals surface area contributed by atoms with Gasteiger partial charge in [-0.2, -0.15) is 26.2 Å². The Kier molecular flexibility index (Phi) is 3.47. The average Bonchev–Trinajstić information content (AvgIpc) is 3.26. The third-order valence-corrected chi connectivity index (χ3v) is 5.21. The van der Waals surface area contributed by atoms with Crippen LogP contribution in [0.3, 0.4) is 0 Å². The van der Waals surface area contributed by atoms with E-state index in [0.29, 0.717) is 5.82 Å². The number of H-pyrrole nitrogens is 1. The van der Waals surface area contributed by atoms with Gasteiger partial charge in [0.15, 0.2) is 5.82 Å². The largest absolute Gasteiger partial charge is 0.335 e. The Morgan fingerprint density at radius 2 is 1.13 bits per heavy atom. The second-order valence-corrected chi connectivity index (χ2v) is 6.49. The second-order valence-electron chi connectivity index (χ2n) is 4.90. The van der Waals surface area contributed by atoms with Gasteiger partial charge in [-0.15, -0.1) is 0 Å². The molecule has 23 heavy (non-hydrogen) atoms. The van der Waals surface area contributed by atoms with Crippen LogP contribution in [-0.2, 0) is 0 Å². The third kappa shape index (κ3) is 2.36. The van der Waals surface area contributed by atoms with Crippen molar-refractivity contribution in [2.45, 2.75) is 20.8 Å². The first-order chi connectivity index (χ1) is 11.1. The summed E-state index contributed by atoms with van der Waals surface area (Å²) in [6.07, 6.45) is 0. The fourth-order valence-corrected chi connectivity index (χ4v) is 3.83. The van der Waals surface area contributed by atoms with Gasteiger partial charge in [-0.25, -0.2) is 4.98 Å². The first-order valence-electron chi connectivity index (χ1n) is 6.63. The van der Waals surface area contributed by atoms with Crippen molar-refractivity contribution in [3.63, 3.8) is 0 Å². The Balaban J connectivity index is 1.97. The van der Waals surface area contributed by atoms with Gasteiger partial charge in [-0.1, -0.05) is 0 Å². The summed E-state index contributed by atoms with van der Waals surface area (Å²) in [7, 11) is 0. The maximum Gasteiger partial charge on any atom is 0.160 e. The van der Waals surface area contributed by atoms with Gasteiger partial charge in [0.25, 0.3) is 0 Å². The second kappa shape index (κ2) is 5.51. The monoisotopic (exact) mass is 362 g/mol. The fraction of sp³-hybridized carbons (Fsp3) is 0.250. The summed E-state index contributed by atoms with van der Waals surface area (Å²) in [5.41, 5.74) is 6.29. The van der Waals surface area contributed by atoms with Crippen LogP contribution in [0.4, 0.5) is 0 Å². The van der Waals surface area contributed by atoms with Crippen LogP contribution in [0.1, 0.15) is 17.1 Å². The van der Waals surface area contributed by atoms with Crippen LogP contribution in [0.25, 0.3) is 34.3 Å². The lowest BCUT2D eigenvalue weighted by Crippen LogP contribution is -1.88. The predicted molar refractivity (Wildman–Crippen MR) is 89.5 cm³/mol. The fourth-order valence-electron chi connectivity index (χ4n) is 2.18. The number of aryl methyl sites for hydroxylation is 3. The Morgan fingerprint density at radius 1 is 0.609 bits per heavy atom. The first-order valence-corrected chi connectivity index (χ1v) is 8.83. The van der Waals surface area contributed by atoms with E-state index in [1.54, 1.807) is 0 Å². The lowest BCUT2D eigenvalue weighted by molar-refractivity contribution is 1.22. The number of rotatable bonds is 3. The van der Waals surface area contributed by atoms with Crippen LogP contribution in [0, 0.1) is 20.8 Å². The van der Waals surface area contributed by atoms with Gasteiger partial charge in [-0.3, -0.25) is 0 Å². The van der Waals surface area contributed by atoms with Crippen molar-refractivity contribution in [2.75, 3.05) is 0 Å². The minimum absolute atomic E-state index is 0.654. The molecule has 8 nitrogen and oxygen atoms in total. The SMILES string of the molecule is Cc1nsnc1-c1nc(-c2nsnc2C)c(-c2nsnc2C)[nH]1. The van der Waals surface area contributed by atoms with Gasteiger partial charge in [-0.05, 0) is 20.8 Å². The van der Waals surface area contributed by atoms with Gasteiger partial charge in [0.05, 0.1) is 58.0 Å². The number of imidazole rings is 1. The molecular weight excluding hydrogens is 352 g/mol. The van der Waals surface area contributed by atoms with E-state index in [9.17, 15) is 0 Å². The zero-order valence-electron chi connectivity index (χ0n) is 12.4. The molecule has 1 N–H and O–H groups in total. The van der Waals surface area contributed by atoms with Crippen LogP contribution in [-0.4, -0.2) is 36.2 Å². The molecule has 4 rings (SSSR count). The van der Waals surface area contributed by atoms with Gasteiger partial charge in [0, 0.05) is 0 Å². The number of hydrogen-bond donors (Lipinski definition) is 1. The summed E-state index contributed by atoms with van der Waals surface area (Å²) >= 11 is 3.51. The molecule has 0 spiro atoms. The van der Waals surface area contributed by atoms with Crippen LogP contribution >= 0.6 is 35.2 Å². The molecule has 0 radical (unpaired) electrons. The zero-order valence-corrected chi connectivity index (χ0v) is 14.8.